The van der Waals surface area contributed by atoms with E-state index in [0.29, 0.717) is 22.3 Å². The van der Waals surface area contributed by atoms with Gasteiger partial charge in [-0.2, -0.15) is 0 Å². The molecule has 39 heavy (non-hydrogen) atoms. The molecule has 9 heteroatoms. The molecule has 0 spiro atoms. The van der Waals surface area contributed by atoms with Gasteiger partial charge in [0.05, 0.1) is 17.6 Å². The first-order valence-electron chi connectivity index (χ1n) is 12.6. The molecular formula is C30H29N2O5PS. The zero-order valence-electron chi connectivity index (χ0n) is 22.1. The molecule has 1 atom stereocenters. The van der Waals surface area contributed by atoms with E-state index in [1.165, 1.54) is 0 Å². The summed E-state index contributed by atoms with van der Waals surface area (Å²) in [6.07, 6.45) is 1.73. The maximum absolute atomic E-state index is 14.6. The lowest BCUT2D eigenvalue weighted by Crippen LogP contribution is -2.34. The number of aromatic nitrogens is 1. The van der Waals surface area contributed by atoms with E-state index in [0.717, 1.165) is 38.4 Å². The third-order valence-electron chi connectivity index (χ3n) is 6.33. The first-order valence-corrected chi connectivity index (χ1v) is 15.0. The van der Waals surface area contributed by atoms with Gasteiger partial charge in [0.2, 0.25) is 0 Å². The van der Waals surface area contributed by atoms with Crippen LogP contribution in [0.5, 0.6) is 0 Å². The van der Waals surface area contributed by atoms with Gasteiger partial charge < -0.3 is 14.0 Å². The molecule has 0 aliphatic rings. The highest BCUT2D eigenvalue weighted by Gasteiger charge is 2.39. The van der Waals surface area contributed by atoms with E-state index in [1.807, 2.05) is 75.4 Å². The van der Waals surface area contributed by atoms with Crippen LogP contribution in [-0.2, 0) is 9.09 Å². The molecule has 200 valence electrons. The van der Waals surface area contributed by atoms with Gasteiger partial charge in [0, 0.05) is 28.7 Å². The van der Waals surface area contributed by atoms with Gasteiger partial charge in [-0.15, -0.1) is 11.3 Å². The largest absolute Gasteiger partial charge is 0.477 e. The van der Waals surface area contributed by atoms with E-state index in [2.05, 4.69) is 4.98 Å². The highest BCUT2D eigenvalue weighted by atomic mass is 32.1. The standard InChI is InChI=1S/C30H29N2O5PS/c1-5-36-38(35,23-14-8-20(4)9-15-23)32(19(2)3)25-18-28(39-29(25)30(33)34)22-12-10-21(11-13-22)27-17-24-26(37-27)7-6-16-31-24/h6-19H,5H2,1-4H3,(H,33,34). The van der Waals surface area contributed by atoms with Gasteiger partial charge >= 0.3 is 13.5 Å². The Labute approximate surface area is 231 Å². The van der Waals surface area contributed by atoms with Crippen LogP contribution in [0.4, 0.5) is 5.69 Å². The van der Waals surface area contributed by atoms with E-state index < -0.39 is 13.5 Å². The maximum Gasteiger partial charge on any atom is 0.348 e. The fourth-order valence-corrected chi connectivity index (χ4v) is 8.06. The average Bonchev–Trinajstić information content (AvgIpc) is 3.54. The van der Waals surface area contributed by atoms with Gasteiger partial charge in [-0.05, 0) is 63.6 Å². The fourth-order valence-electron chi connectivity index (χ4n) is 4.55. The second kappa shape index (κ2) is 10.8. The molecule has 1 N–H and O–H groups in total. The highest BCUT2D eigenvalue weighted by molar-refractivity contribution is 7.68. The van der Waals surface area contributed by atoms with Gasteiger partial charge in [0.25, 0.3) is 0 Å². The van der Waals surface area contributed by atoms with Crippen molar-refractivity contribution in [2.75, 3.05) is 11.3 Å². The Morgan fingerprint density at radius 1 is 1.08 bits per heavy atom. The fraction of sp³-hybridized carbons (Fsp3) is 0.200. The molecule has 5 aromatic rings. The lowest BCUT2D eigenvalue weighted by atomic mass is 10.1. The minimum Gasteiger partial charge on any atom is -0.477 e. The third-order valence-corrected chi connectivity index (χ3v) is 10.3. The molecule has 0 saturated heterocycles. The second-order valence-electron chi connectivity index (χ2n) is 9.42. The van der Waals surface area contributed by atoms with E-state index in [9.17, 15) is 14.5 Å². The summed E-state index contributed by atoms with van der Waals surface area (Å²) in [4.78, 5) is 17.6. The van der Waals surface area contributed by atoms with Crippen molar-refractivity contribution in [2.24, 2.45) is 0 Å². The minimum absolute atomic E-state index is 0.109. The lowest BCUT2D eigenvalue weighted by molar-refractivity contribution is 0.0703. The van der Waals surface area contributed by atoms with Crippen LogP contribution in [0.3, 0.4) is 0 Å². The monoisotopic (exact) mass is 560 g/mol. The molecule has 0 bridgehead atoms. The number of rotatable bonds is 9. The Morgan fingerprint density at radius 3 is 2.38 bits per heavy atom. The number of nitrogens with zero attached hydrogens (tertiary/aromatic N) is 2. The number of anilines is 1. The van der Waals surface area contributed by atoms with E-state index >= 15 is 0 Å². The van der Waals surface area contributed by atoms with Gasteiger partial charge in [-0.25, -0.2) is 4.79 Å². The third kappa shape index (κ3) is 5.15. The Morgan fingerprint density at radius 2 is 1.77 bits per heavy atom. The van der Waals surface area contributed by atoms with Crippen molar-refractivity contribution >= 4 is 46.9 Å². The zero-order valence-corrected chi connectivity index (χ0v) is 23.8. The molecule has 3 heterocycles. The number of benzene rings is 2. The molecule has 0 amide bonds. The number of carboxylic acids is 1. The first kappa shape index (κ1) is 26.9. The van der Waals surface area contributed by atoms with Gasteiger partial charge in [-0.1, -0.05) is 42.0 Å². The molecule has 0 aliphatic heterocycles. The van der Waals surface area contributed by atoms with Crippen LogP contribution >= 0.6 is 18.9 Å². The number of pyridine rings is 1. The van der Waals surface area contributed by atoms with Crippen molar-refractivity contribution < 1.29 is 23.4 Å². The Hall–Kier alpha value is -3.71. The van der Waals surface area contributed by atoms with Crippen molar-refractivity contribution in [3.05, 3.63) is 89.4 Å². The minimum atomic E-state index is -3.63. The van der Waals surface area contributed by atoms with Crippen molar-refractivity contribution in [1.82, 2.24) is 4.98 Å². The number of carbonyl (C=O) groups is 1. The number of furan rings is 1. The number of hydrogen-bond donors (Lipinski definition) is 1. The van der Waals surface area contributed by atoms with Crippen LogP contribution in [-0.4, -0.2) is 28.7 Å². The predicted octanol–water partition coefficient (Wildman–Crippen LogP) is 8.00. The van der Waals surface area contributed by atoms with Crippen molar-refractivity contribution in [1.29, 1.82) is 0 Å². The van der Waals surface area contributed by atoms with Crippen LogP contribution in [0.15, 0.2) is 83.4 Å². The van der Waals surface area contributed by atoms with Crippen LogP contribution < -0.4 is 9.97 Å². The van der Waals surface area contributed by atoms with Crippen LogP contribution in [0, 0.1) is 6.92 Å². The molecule has 5 rings (SSSR count). The Balaban J connectivity index is 1.56. The summed E-state index contributed by atoms with van der Waals surface area (Å²) in [5.41, 5.74) is 4.64. The summed E-state index contributed by atoms with van der Waals surface area (Å²) in [6, 6.07) is 22.2. The molecule has 1 unspecified atom stereocenters. The molecule has 7 nitrogen and oxygen atoms in total. The summed E-state index contributed by atoms with van der Waals surface area (Å²) in [7, 11) is -3.63. The lowest BCUT2D eigenvalue weighted by Gasteiger charge is -2.35. The molecule has 0 aliphatic carbocycles. The summed E-state index contributed by atoms with van der Waals surface area (Å²) >= 11 is 1.15. The highest BCUT2D eigenvalue weighted by Crippen LogP contribution is 2.56. The summed E-state index contributed by atoms with van der Waals surface area (Å²) < 4.78 is 28.1. The molecule has 0 radical (unpaired) electrons. The number of fused-ring (bicyclic) bond motifs is 1. The van der Waals surface area contributed by atoms with Crippen molar-refractivity contribution in [2.45, 2.75) is 33.7 Å². The van der Waals surface area contributed by atoms with Crippen LogP contribution in [0.1, 0.15) is 36.0 Å². The smallest absolute Gasteiger partial charge is 0.348 e. The number of aryl methyl sites for hydroxylation is 1. The zero-order chi connectivity index (χ0) is 27.7. The van der Waals surface area contributed by atoms with Crippen molar-refractivity contribution in [3.63, 3.8) is 0 Å². The molecular weight excluding hydrogens is 531 g/mol. The van der Waals surface area contributed by atoms with Gasteiger partial charge in [0.15, 0.2) is 5.58 Å². The first-order chi connectivity index (χ1) is 18.7. The quantitative estimate of drug-likeness (QED) is 0.183. The Kier molecular flexibility index (Phi) is 7.45. The van der Waals surface area contributed by atoms with E-state index in [-0.39, 0.29) is 17.5 Å². The van der Waals surface area contributed by atoms with E-state index in [1.54, 1.807) is 36.0 Å². The number of carboxylic acid groups (broad SMARTS) is 1. The molecule has 0 saturated carbocycles. The average molecular weight is 561 g/mol. The van der Waals surface area contributed by atoms with Gasteiger partial charge in [0.1, 0.15) is 16.2 Å². The van der Waals surface area contributed by atoms with Crippen LogP contribution in [0.25, 0.3) is 32.9 Å². The summed E-state index contributed by atoms with van der Waals surface area (Å²) in [6.45, 7) is 7.74. The summed E-state index contributed by atoms with van der Waals surface area (Å²) in [5.74, 6) is -0.375. The second-order valence-corrected chi connectivity index (χ2v) is 12.7. The normalized spacial score (nSPS) is 13.1. The van der Waals surface area contributed by atoms with E-state index in [4.69, 9.17) is 8.94 Å². The molecule has 0 fully saturated rings. The van der Waals surface area contributed by atoms with Crippen molar-refractivity contribution in [3.8, 4) is 21.8 Å². The topological polar surface area (TPSA) is 92.9 Å². The number of hydrogen-bond acceptors (Lipinski definition) is 6. The Bertz CT molecular complexity index is 1640. The SMILES string of the molecule is CCOP(=O)(c1ccc(C)cc1)N(c1cc(-c2ccc(-c3cc4ncccc4o3)cc2)sc1C(=O)O)C(C)C. The van der Waals surface area contributed by atoms with Crippen LogP contribution in [0.2, 0.25) is 0 Å². The summed E-state index contributed by atoms with van der Waals surface area (Å²) in [5, 5.41) is 10.7. The number of thiophene rings is 1. The maximum atomic E-state index is 14.6. The predicted molar refractivity (Wildman–Crippen MR) is 157 cm³/mol. The van der Waals surface area contributed by atoms with Gasteiger partial charge in [-0.3, -0.25) is 14.2 Å². The molecule has 3 aromatic heterocycles. The number of aromatic carboxylic acids is 1. The molecule has 2 aromatic carbocycles.